The second-order valence-corrected chi connectivity index (χ2v) is 6.86. The van der Waals surface area contributed by atoms with E-state index in [1.165, 1.54) is 11.3 Å². The van der Waals surface area contributed by atoms with Crippen LogP contribution >= 0.6 is 11.3 Å². The number of aromatic nitrogens is 2. The molecule has 1 aromatic carbocycles. The van der Waals surface area contributed by atoms with Crippen LogP contribution in [0.3, 0.4) is 0 Å². The van der Waals surface area contributed by atoms with Crippen molar-refractivity contribution in [2.45, 2.75) is 20.8 Å². The third-order valence-electron chi connectivity index (χ3n) is 4.28. The van der Waals surface area contributed by atoms with Crippen LogP contribution in [-0.4, -0.2) is 35.6 Å². The van der Waals surface area contributed by atoms with Crippen LogP contribution in [0.25, 0.3) is 11.3 Å². The smallest absolute Gasteiger partial charge is 0.259 e. The van der Waals surface area contributed by atoms with Gasteiger partial charge in [0.15, 0.2) is 5.13 Å². The van der Waals surface area contributed by atoms with Crippen LogP contribution in [-0.2, 0) is 0 Å². The van der Waals surface area contributed by atoms with Crippen LogP contribution in [0.1, 0.15) is 31.1 Å². The third-order valence-corrected chi connectivity index (χ3v) is 5.04. The maximum atomic E-state index is 12.5. The van der Waals surface area contributed by atoms with Gasteiger partial charge in [0, 0.05) is 30.2 Å². The molecule has 3 rings (SSSR count). The molecule has 0 atom stereocenters. The summed E-state index contributed by atoms with van der Waals surface area (Å²) < 4.78 is 5.67. The van der Waals surface area contributed by atoms with Crippen molar-refractivity contribution in [2.75, 3.05) is 29.9 Å². The highest BCUT2D eigenvalue weighted by Crippen LogP contribution is 2.32. The Hall–Kier alpha value is -2.93. The molecule has 1 N–H and O–H groups in total. The lowest BCUT2D eigenvalue weighted by Crippen LogP contribution is -2.23. The van der Waals surface area contributed by atoms with E-state index in [-0.39, 0.29) is 5.91 Å². The summed E-state index contributed by atoms with van der Waals surface area (Å²) in [4.78, 5) is 23.6. The zero-order valence-electron chi connectivity index (χ0n) is 16.3. The van der Waals surface area contributed by atoms with Gasteiger partial charge in [0.25, 0.3) is 5.91 Å². The van der Waals surface area contributed by atoms with Gasteiger partial charge in [0.05, 0.1) is 17.9 Å². The Bertz CT molecular complexity index is 920. The number of para-hydroxylation sites is 1. The van der Waals surface area contributed by atoms with E-state index >= 15 is 0 Å². The first-order valence-electron chi connectivity index (χ1n) is 9.36. The highest BCUT2D eigenvalue weighted by Gasteiger charge is 2.13. The van der Waals surface area contributed by atoms with Gasteiger partial charge in [0.2, 0.25) is 0 Å². The number of ether oxygens (including phenoxy) is 1. The summed E-state index contributed by atoms with van der Waals surface area (Å²) in [6, 6.07) is 11.4. The molecule has 7 heteroatoms. The van der Waals surface area contributed by atoms with Crippen LogP contribution in [0.15, 0.2) is 48.0 Å². The van der Waals surface area contributed by atoms with E-state index < -0.39 is 0 Å². The van der Waals surface area contributed by atoms with Gasteiger partial charge < -0.3 is 9.64 Å². The fourth-order valence-electron chi connectivity index (χ4n) is 2.84. The molecule has 2 heterocycles. The Balaban J connectivity index is 1.72. The molecule has 0 aliphatic rings. The fraction of sp³-hybridized carbons (Fsp3) is 0.286. The number of hydrogen-bond donors (Lipinski definition) is 1. The Labute approximate surface area is 169 Å². The number of carbonyl (C=O) groups excluding carboxylic acids is 1. The number of pyridine rings is 1. The van der Waals surface area contributed by atoms with Gasteiger partial charge in [-0.2, -0.15) is 0 Å². The molecule has 0 aliphatic heterocycles. The molecule has 2 aromatic heterocycles. The van der Waals surface area contributed by atoms with Crippen molar-refractivity contribution in [3.05, 3.63) is 53.5 Å². The van der Waals surface area contributed by atoms with Gasteiger partial charge in [-0.15, -0.1) is 11.3 Å². The molecule has 0 saturated carbocycles. The van der Waals surface area contributed by atoms with Crippen molar-refractivity contribution >= 4 is 28.2 Å². The van der Waals surface area contributed by atoms with E-state index in [0.717, 1.165) is 35.9 Å². The average molecular weight is 397 g/mol. The molecule has 0 bridgehead atoms. The Kier molecular flexibility index (Phi) is 6.60. The monoisotopic (exact) mass is 396 g/mol. The maximum Gasteiger partial charge on any atom is 0.259 e. The number of benzene rings is 1. The van der Waals surface area contributed by atoms with Gasteiger partial charge in [-0.1, -0.05) is 12.1 Å². The van der Waals surface area contributed by atoms with Crippen LogP contribution in [0, 0.1) is 0 Å². The molecule has 146 valence electrons. The summed E-state index contributed by atoms with van der Waals surface area (Å²) in [7, 11) is 0. The number of nitrogens with one attached hydrogen (secondary N) is 1. The summed E-state index contributed by atoms with van der Waals surface area (Å²) in [6.45, 7) is 8.44. The molecule has 0 aliphatic carbocycles. The number of rotatable bonds is 8. The zero-order valence-corrected chi connectivity index (χ0v) is 17.1. The normalized spacial score (nSPS) is 10.5. The topological polar surface area (TPSA) is 67.3 Å². The maximum absolute atomic E-state index is 12.5. The van der Waals surface area contributed by atoms with Gasteiger partial charge in [-0.05, 0) is 45.0 Å². The van der Waals surface area contributed by atoms with Crippen molar-refractivity contribution in [1.29, 1.82) is 0 Å². The number of thiazole rings is 1. The van der Waals surface area contributed by atoms with Crippen molar-refractivity contribution < 1.29 is 9.53 Å². The molecule has 0 fully saturated rings. The number of anilines is 2. The Morgan fingerprint density at radius 1 is 1.14 bits per heavy atom. The summed E-state index contributed by atoms with van der Waals surface area (Å²) in [5.74, 6) is 1.42. The van der Waals surface area contributed by atoms with Crippen LogP contribution in [0.2, 0.25) is 0 Å². The van der Waals surface area contributed by atoms with Crippen LogP contribution in [0.5, 0.6) is 5.75 Å². The van der Waals surface area contributed by atoms with E-state index in [1.54, 1.807) is 12.3 Å². The predicted octanol–water partition coefficient (Wildman–Crippen LogP) is 4.70. The molecule has 6 nitrogen and oxygen atoms in total. The molecule has 0 spiro atoms. The summed E-state index contributed by atoms with van der Waals surface area (Å²) >= 11 is 1.38. The number of amides is 1. The SMILES string of the molecule is CCOc1ccccc1-c1csc(NC(=O)c2ccc(N(CC)CC)nc2)n1. The first-order chi connectivity index (χ1) is 13.7. The van der Waals surface area contributed by atoms with E-state index in [2.05, 4.69) is 34.0 Å². The fourth-order valence-corrected chi connectivity index (χ4v) is 3.54. The molecule has 3 aromatic rings. The van der Waals surface area contributed by atoms with E-state index in [4.69, 9.17) is 4.74 Å². The van der Waals surface area contributed by atoms with Crippen molar-refractivity contribution in [3.8, 4) is 17.0 Å². The van der Waals surface area contributed by atoms with Gasteiger partial charge >= 0.3 is 0 Å². The van der Waals surface area contributed by atoms with E-state index in [9.17, 15) is 4.79 Å². The zero-order chi connectivity index (χ0) is 19.9. The average Bonchev–Trinajstić information content (AvgIpc) is 3.18. The first kappa shape index (κ1) is 19.8. The van der Waals surface area contributed by atoms with Crippen molar-refractivity contribution in [2.24, 2.45) is 0 Å². The summed E-state index contributed by atoms with van der Waals surface area (Å²) in [5, 5.41) is 5.30. The highest BCUT2D eigenvalue weighted by atomic mass is 32.1. The minimum Gasteiger partial charge on any atom is -0.493 e. The molecule has 0 radical (unpaired) electrons. The summed E-state index contributed by atoms with van der Waals surface area (Å²) in [6.07, 6.45) is 1.60. The lowest BCUT2D eigenvalue weighted by Gasteiger charge is -2.19. The predicted molar refractivity (Wildman–Crippen MR) is 114 cm³/mol. The molecular weight excluding hydrogens is 372 g/mol. The van der Waals surface area contributed by atoms with Gasteiger partial charge in [-0.25, -0.2) is 9.97 Å². The van der Waals surface area contributed by atoms with Crippen LogP contribution in [0.4, 0.5) is 10.9 Å². The second-order valence-electron chi connectivity index (χ2n) is 6.00. The largest absolute Gasteiger partial charge is 0.493 e. The van der Waals surface area contributed by atoms with E-state index in [1.807, 2.05) is 42.6 Å². The number of carbonyl (C=O) groups is 1. The molecule has 28 heavy (non-hydrogen) atoms. The number of nitrogens with zero attached hydrogens (tertiary/aromatic N) is 3. The quantitative estimate of drug-likeness (QED) is 0.598. The number of hydrogen-bond acceptors (Lipinski definition) is 6. The van der Waals surface area contributed by atoms with Gasteiger partial charge in [-0.3, -0.25) is 10.1 Å². The van der Waals surface area contributed by atoms with Crippen molar-refractivity contribution in [1.82, 2.24) is 9.97 Å². The van der Waals surface area contributed by atoms with E-state index in [0.29, 0.717) is 17.3 Å². The van der Waals surface area contributed by atoms with Crippen LogP contribution < -0.4 is 15.0 Å². The highest BCUT2D eigenvalue weighted by molar-refractivity contribution is 7.14. The second kappa shape index (κ2) is 9.32. The van der Waals surface area contributed by atoms with Crippen molar-refractivity contribution in [3.63, 3.8) is 0 Å². The minimum absolute atomic E-state index is 0.224. The first-order valence-corrected chi connectivity index (χ1v) is 10.2. The molecular formula is C21H24N4O2S. The third kappa shape index (κ3) is 4.48. The Morgan fingerprint density at radius 3 is 2.61 bits per heavy atom. The minimum atomic E-state index is -0.224. The summed E-state index contributed by atoms with van der Waals surface area (Å²) in [5.41, 5.74) is 2.19. The lowest BCUT2D eigenvalue weighted by atomic mass is 10.1. The molecule has 0 saturated heterocycles. The molecule has 0 unspecified atom stereocenters. The lowest BCUT2D eigenvalue weighted by molar-refractivity contribution is 0.102. The Morgan fingerprint density at radius 2 is 1.93 bits per heavy atom. The molecule has 1 amide bonds. The van der Waals surface area contributed by atoms with Gasteiger partial charge in [0.1, 0.15) is 11.6 Å². The standard InChI is InChI=1S/C21H24N4O2S/c1-4-25(5-2)19-12-11-15(13-22-19)20(26)24-21-23-17(14-28-21)16-9-7-8-10-18(16)27-6-3/h7-14H,4-6H2,1-3H3,(H,23,24,26).